The van der Waals surface area contributed by atoms with Gasteiger partial charge in [-0.15, -0.1) is 0 Å². The van der Waals surface area contributed by atoms with E-state index in [2.05, 4.69) is 16.8 Å². The number of fused-ring (bicyclic) bond motifs is 3. The number of anilines is 1. The number of hydrogen-bond donors (Lipinski definition) is 2. The first-order chi connectivity index (χ1) is 24.9. The minimum atomic E-state index is -1.18. The predicted molar refractivity (Wildman–Crippen MR) is 195 cm³/mol. The second-order valence-electron chi connectivity index (χ2n) is 16.1. The van der Waals surface area contributed by atoms with Gasteiger partial charge in [-0.2, -0.15) is 9.97 Å². The Labute approximate surface area is 303 Å². The van der Waals surface area contributed by atoms with E-state index in [9.17, 15) is 10.2 Å². The normalized spacial score (nSPS) is 29.6. The molecule has 278 valence electrons. The Kier molecular flexibility index (Phi) is 9.03. The van der Waals surface area contributed by atoms with Crippen molar-refractivity contribution in [1.29, 1.82) is 0 Å². The molecule has 2 aromatic carbocycles. The smallest absolute Gasteiger partial charge is 0.319 e. The van der Waals surface area contributed by atoms with Crippen LogP contribution in [0.25, 0.3) is 32.9 Å². The summed E-state index contributed by atoms with van der Waals surface area (Å²) in [6.07, 6.45) is 9.31. The number of nitrogens with zero attached hydrogens (tertiary/aromatic N) is 5. The summed E-state index contributed by atoms with van der Waals surface area (Å²) in [5.74, 6) is -0.829. The highest BCUT2D eigenvalue weighted by Gasteiger charge is 2.54. The first-order valence-electron chi connectivity index (χ1n) is 18.7. The molecule has 2 aliphatic carbocycles. The standard InChI is InChI=1S/C40H49F2N5O5/c1-5-27-30(41)10-9-24-16-26(48)17-28(32(24)27)34-33(42)35-29(20-43-34)36(46-14-15-51-22-38(2,49)21-46)45-37(44-35)52-23-40-11-6-8-31(40)47(13-7-12-40)25-18-39(3,19-25)50-4/h9-10,16-17,20,25,31,48-49H,5-8,11-15,18-19,21-23H2,1-4H3/t25?,31-,38+,39?,40-/m1/s1. The minimum absolute atomic E-state index is 0.000172. The van der Waals surface area contributed by atoms with Gasteiger partial charge in [0, 0.05) is 42.9 Å². The number of benzene rings is 2. The third-order valence-corrected chi connectivity index (χ3v) is 12.3. The average Bonchev–Trinajstić information content (AvgIpc) is 3.46. The van der Waals surface area contributed by atoms with E-state index in [1.807, 2.05) is 11.8 Å². The molecule has 2 N–H and O–H groups in total. The molecule has 2 aliphatic heterocycles. The second-order valence-corrected chi connectivity index (χ2v) is 16.1. The van der Waals surface area contributed by atoms with Gasteiger partial charge < -0.3 is 29.3 Å². The quantitative estimate of drug-likeness (QED) is 0.208. The number of phenolic OH excluding ortho intramolecular Hbond substituents is 1. The molecule has 0 bridgehead atoms. The molecular weight excluding hydrogens is 668 g/mol. The third kappa shape index (κ3) is 6.15. The number of aromatic nitrogens is 3. The molecule has 2 aromatic heterocycles. The van der Waals surface area contributed by atoms with Crippen molar-refractivity contribution in [3.05, 3.63) is 47.7 Å². The number of hydrogen-bond acceptors (Lipinski definition) is 10. The van der Waals surface area contributed by atoms with Crippen molar-refractivity contribution in [2.75, 3.05) is 51.5 Å². The van der Waals surface area contributed by atoms with Crippen LogP contribution in [-0.2, 0) is 15.9 Å². The fraction of sp³-hybridized carbons (Fsp3) is 0.575. The van der Waals surface area contributed by atoms with Gasteiger partial charge in [0.15, 0.2) is 5.82 Å². The number of ether oxygens (including phenoxy) is 3. The molecule has 2 saturated carbocycles. The second kappa shape index (κ2) is 13.3. The van der Waals surface area contributed by atoms with Crippen molar-refractivity contribution in [2.45, 2.75) is 95.4 Å². The summed E-state index contributed by atoms with van der Waals surface area (Å²) in [7, 11) is 1.80. The van der Waals surface area contributed by atoms with Crippen LogP contribution in [0.5, 0.6) is 11.8 Å². The zero-order valence-electron chi connectivity index (χ0n) is 30.6. The molecule has 8 rings (SSSR count). The summed E-state index contributed by atoms with van der Waals surface area (Å²) < 4.78 is 50.3. The number of phenols is 1. The topological polar surface area (TPSA) is 113 Å². The lowest BCUT2D eigenvalue weighted by Gasteiger charge is -2.56. The first-order valence-corrected chi connectivity index (χ1v) is 18.7. The average molecular weight is 718 g/mol. The summed E-state index contributed by atoms with van der Waals surface area (Å²) in [6.45, 7) is 8.30. The molecular formula is C40H49F2N5O5. The van der Waals surface area contributed by atoms with E-state index < -0.39 is 17.2 Å². The maximum Gasteiger partial charge on any atom is 0.319 e. The van der Waals surface area contributed by atoms with Crippen molar-refractivity contribution in [2.24, 2.45) is 5.41 Å². The summed E-state index contributed by atoms with van der Waals surface area (Å²) >= 11 is 0. The Morgan fingerprint density at radius 1 is 1.08 bits per heavy atom. The van der Waals surface area contributed by atoms with E-state index >= 15 is 8.78 Å². The van der Waals surface area contributed by atoms with Crippen molar-refractivity contribution in [1.82, 2.24) is 19.9 Å². The number of methoxy groups -OCH3 is 1. The van der Waals surface area contributed by atoms with E-state index in [4.69, 9.17) is 24.2 Å². The van der Waals surface area contributed by atoms with Crippen molar-refractivity contribution >= 4 is 27.5 Å². The van der Waals surface area contributed by atoms with E-state index in [-0.39, 0.29) is 52.7 Å². The van der Waals surface area contributed by atoms with Crippen LogP contribution < -0.4 is 9.64 Å². The molecule has 10 nitrogen and oxygen atoms in total. The van der Waals surface area contributed by atoms with E-state index in [1.54, 1.807) is 26.2 Å². The van der Waals surface area contributed by atoms with E-state index in [0.717, 1.165) is 51.5 Å². The lowest BCUT2D eigenvalue weighted by Crippen LogP contribution is -2.62. The van der Waals surface area contributed by atoms with Gasteiger partial charge in [-0.3, -0.25) is 9.88 Å². The molecule has 12 heteroatoms. The van der Waals surface area contributed by atoms with Crippen LogP contribution >= 0.6 is 0 Å². The molecule has 3 atom stereocenters. The summed E-state index contributed by atoms with van der Waals surface area (Å²) in [5, 5.41) is 23.2. The van der Waals surface area contributed by atoms with Crippen LogP contribution in [0.3, 0.4) is 0 Å². The number of piperidine rings is 1. The van der Waals surface area contributed by atoms with Gasteiger partial charge in [-0.1, -0.05) is 19.4 Å². The van der Waals surface area contributed by atoms with Crippen LogP contribution in [0.1, 0.15) is 71.3 Å². The van der Waals surface area contributed by atoms with Crippen LogP contribution in [-0.4, -0.2) is 99.9 Å². The number of aryl methyl sites for hydroxylation is 1. The fourth-order valence-corrected chi connectivity index (χ4v) is 9.65. The van der Waals surface area contributed by atoms with Crippen LogP contribution in [0.4, 0.5) is 14.6 Å². The molecule has 2 saturated heterocycles. The Morgan fingerprint density at radius 2 is 1.88 bits per heavy atom. The molecule has 0 radical (unpaired) electrons. The maximum atomic E-state index is 17.1. The van der Waals surface area contributed by atoms with Gasteiger partial charge in [0.2, 0.25) is 0 Å². The lowest BCUT2D eigenvalue weighted by molar-refractivity contribution is -0.134. The van der Waals surface area contributed by atoms with Gasteiger partial charge in [-0.05, 0) is 99.9 Å². The zero-order chi connectivity index (χ0) is 36.4. The predicted octanol–water partition coefficient (Wildman–Crippen LogP) is 6.56. The Morgan fingerprint density at radius 3 is 2.67 bits per heavy atom. The SMILES string of the molecule is CCc1c(F)ccc2cc(O)cc(-c3ncc4c(N5CCOC[C@@](C)(O)C5)nc(OC[C@]56CCC[C@H]5N(C5CC(C)(OC)C5)CCC6)nc4c3F)c12. The lowest BCUT2D eigenvalue weighted by atomic mass is 9.70. The Balaban J connectivity index is 1.21. The van der Waals surface area contributed by atoms with Gasteiger partial charge in [0.05, 0.1) is 37.4 Å². The largest absolute Gasteiger partial charge is 0.508 e. The zero-order valence-corrected chi connectivity index (χ0v) is 30.6. The first kappa shape index (κ1) is 35.3. The third-order valence-electron chi connectivity index (χ3n) is 12.3. The van der Waals surface area contributed by atoms with Crippen molar-refractivity contribution in [3.63, 3.8) is 0 Å². The number of β-amino-alcohol motifs (C(OH)–C–C–N with tert-alkyl or cyclic N) is 1. The number of rotatable bonds is 8. The highest BCUT2D eigenvalue weighted by atomic mass is 19.1. The maximum absolute atomic E-state index is 17.1. The van der Waals surface area contributed by atoms with E-state index in [1.165, 1.54) is 18.3 Å². The number of likely N-dealkylation sites (tertiary alicyclic amines) is 1. The molecule has 4 aliphatic rings. The van der Waals surface area contributed by atoms with Gasteiger partial charge in [-0.25, -0.2) is 8.78 Å². The summed E-state index contributed by atoms with van der Waals surface area (Å²) in [6, 6.07) is 6.83. The number of aromatic hydroxyl groups is 1. The van der Waals surface area contributed by atoms with Crippen LogP contribution in [0.2, 0.25) is 0 Å². The van der Waals surface area contributed by atoms with Crippen molar-refractivity contribution < 1.29 is 33.2 Å². The summed E-state index contributed by atoms with van der Waals surface area (Å²) in [4.78, 5) is 18.7. The molecule has 4 heterocycles. The molecule has 0 unspecified atom stereocenters. The van der Waals surface area contributed by atoms with Crippen LogP contribution in [0, 0.1) is 17.0 Å². The molecule has 0 amide bonds. The van der Waals surface area contributed by atoms with E-state index in [0.29, 0.717) is 65.8 Å². The monoisotopic (exact) mass is 717 g/mol. The Bertz CT molecular complexity index is 2010. The number of aliphatic hydroxyl groups is 1. The van der Waals surface area contributed by atoms with Gasteiger partial charge >= 0.3 is 6.01 Å². The van der Waals surface area contributed by atoms with Crippen molar-refractivity contribution in [3.8, 4) is 23.0 Å². The molecule has 0 spiro atoms. The number of pyridine rings is 1. The minimum Gasteiger partial charge on any atom is -0.508 e. The highest BCUT2D eigenvalue weighted by Crippen LogP contribution is 2.52. The van der Waals surface area contributed by atoms with Gasteiger partial charge in [0.1, 0.15) is 34.2 Å². The fourth-order valence-electron chi connectivity index (χ4n) is 9.65. The van der Waals surface area contributed by atoms with Crippen LogP contribution in [0.15, 0.2) is 30.5 Å². The Hall–Kier alpha value is -3.71. The summed E-state index contributed by atoms with van der Waals surface area (Å²) in [5.41, 5.74) is -0.685. The van der Waals surface area contributed by atoms with Gasteiger partial charge in [0.25, 0.3) is 0 Å². The number of halogens is 2. The molecule has 52 heavy (non-hydrogen) atoms. The molecule has 4 fully saturated rings. The highest BCUT2D eigenvalue weighted by molar-refractivity contribution is 6.01. The molecule has 4 aromatic rings.